The number of benzene rings is 2. The molecule has 1 N–H and O–H groups in total. The van der Waals surface area contributed by atoms with Crippen molar-refractivity contribution in [1.29, 1.82) is 0 Å². The standard InChI is InChI=1S/C21H25N3O2/c1-14(2)26-19-10-9-16-7-5-6-8-17(16)18(19)12-22-20-11-15(3)23-21(24-20)13-25-4/h5-11,14H,12-13H2,1-4H3,(H,22,23,24). The van der Waals surface area contributed by atoms with Gasteiger partial charge in [-0.05, 0) is 37.6 Å². The predicted octanol–water partition coefficient (Wildman–Crippen LogP) is 4.48. The van der Waals surface area contributed by atoms with Crippen LogP contribution < -0.4 is 10.1 Å². The molecule has 5 nitrogen and oxygen atoms in total. The first-order valence-electron chi connectivity index (χ1n) is 8.81. The van der Waals surface area contributed by atoms with Gasteiger partial charge in [0, 0.05) is 31.0 Å². The fraction of sp³-hybridized carbons (Fsp3) is 0.333. The van der Waals surface area contributed by atoms with Crippen molar-refractivity contribution < 1.29 is 9.47 Å². The average molecular weight is 351 g/mol. The molecule has 136 valence electrons. The molecule has 3 rings (SSSR count). The molecule has 2 aromatic carbocycles. The van der Waals surface area contributed by atoms with Crippen molar-refractivity contribution in [3.05, 3.63) is 59.5 Å². The lowest BCUT2D eigenvalue weighted by Crippen LogP contribution is -2.11. The van der Waals surface area contributed by atoms with Crippen LogP contribution in [0.1, 0.15) is 30.9 Å². The van der Waals surface area contributed by atoms with Crippen LogP contribution in [0.25, 0.3) is 10.8 Å². The smallest absolute Gasteiger partial charge is 0.156 e. The van der Waals surface area contributed by atoms with Crippen LogP contribution in [0.5, 0.6) is 5.75 Å². The minimum Gasteiger partial charge on any atom is -0.491 e. The Bertz CT molecular complexity index is 894. The Kier molecular flexibility index (Phi) is 5.68. The Balaban J connectivity index is 1.92. The summed E-state index contributed by atoms with van der Waals surface area (Å²) in [6.07, 6.45) is 0.115. The fourth-order valence-electron chi connectivity index (χ4n) is 2.96. The minimum absolute atomic E-state index is 0.115. The largest absolute Gasteiger partial charge is 0.491 e. The van der Waals surface area contributed by atoms with Gasteiger partial charge in [-0.2, -0.15) is 0 Å². The lowest BCUT2D eigenvalue weighted by molar-refractivity contribution is 0.177. The molecule has 0 fully saturated rings. The van der Waals surface area contributed by atoms with E-state index in [-0.39, 0.29) is 6.10 Å². The SMILES string of the molecule is COCc1nc(C)cc(NCc2c(OC(C)C)ccc3ccccc23)n1. The molecule has 0 bridgehead atoms. The molecule has 0 aliphatic heterocycles. The molecule has 0 aliphatic carbocycles. The van der Waals surface area contributed by atoms with E-state index in [2.05, 4.69) is 39.6 Å². The zero-order valence-corrected chi connectivity index (χ0v) is 15.7. The number of aromatic nitrogens is 2. The van der Waals surface area contributed by atoms with Crippen LogP contribution in [-0.4, -0.2) is 23.2 Å². The summed E-state index contributed by atoms with van der Waals surface area (Å²) in [7, 11) is 1.64. The Morgan fingerprint density at radius 1 is 1.08 bits per heavy atom. The van der Waals surface area contributed by atoms with E-state index in [0.29, 0.717) is 19.0 Å². The Morgan fingerprint density at radius 2 is 1.88 bits per heavy atom. The van der Waals surface area contributed by atoms with Crippen molar-refractivity contribution in [3.8, 4) is 5.75 Å². The second-order valence-corrected chi connectivity index (χ2v) is 6.53. The Morgan fingerprint density at radius 3 is 2.65 bits per heavy atom. The normalized spacial score (nSPS) is 11.1. The molecule has 0 aliphatic rings. The van der Waals surface area contributed by atoms with E-state index in [9.17, 15) is 0 Å². The quantitative estimate of drug-likeness (QED) is 0.680. The van der Waals surface area contributed by atoms with Crippen LogP contribution in [0.2, 0.25) is 0 Å². The fourth-order valence-corrected chi connectivity index (χ4v) is 2.96. The van der Waals surface area contributed by atoms with Gasteiger partial charge >= 0.3 is 0 Å². The molecule has 5 heteroatoms. The molecule has 0 saturated heterocycles. The summed E-state index contributed by atoms with van der Waals surface area (Å²) in [6.45, 7) is 7.05. The third-order valence-electron chi connectivity index (χ3n) is 3.98. The van der Waals surface area contributed by atoms with Gasteiger partial charge in [-0.1, -0.05) is 30.3 Å². The lowest BCUT2D eigenvalue weighted by Gasteiger charge is -2.17. The maximum Gasteiger partial charge on any atom is 0.156 e. The molecule has 0 spiro atoms. The zero-order valence-electron chi connectivity index (χ0n) is 15.7. The van der Waals surface area contributed by atoms with Crippen LogP contribution in [0.15, 0.2) is 42.5 Å². The van der Waals surface area contributed by atoms with Gasteiger partial charge in [0.1, 0.15) is 18.2 Å². The van der Waals surface area contributed by atoms with Crippen molar-refractivity contribution in [3.63, 3.8) is 0 Å². The van der Waals surface area contributed by atoms with Crippen molar-refractivity contribution in [2.45, 2.75) is 40.0 Å². The van der Waals surface area contributed by atoms with Crippen LogP contribution >= 0.6 is 0 Å². The first-order valence-corrected chi connectivity index (χ1v) is 8.81. The summed E-state index contributed by atoms with van der Waals surface area (Å²) in [5.41, 5.74) is 2.03. The monoisotopic (exact) mass is 351 g/mol. The summed E-state index contributed by atoms with van der Waals surface area (Å²) < 4.78 is 11.2. The van der Waals surface area contributed by atoms with Crippen molar-refractivity contribution >= 4 is 16.6 Å². The van der Waals surface area contributed by atoms with Gasteiger partial charge in [0.25, 0.3) is 0 Å². The van der Waals surface area contributed by atoms with Gasteiger partial charge in [-0.3, -0.25) is 0 Å². The number of hydrogen-bond acceptors (Lipinski definition) is 5. The van der Waals surface area contributed by atoms with E-state index in [1.165, 1.54) is 10.8 Å². The van der Waals surface area contributed by atoms with Crippen molar-refractivity contribution in [2.24, 2.45) is 0 Å². The molecule has 0 atom stereocenters. The van der Waals surface area contributed by atoms with E-state index < -0.39 is 0 Å². The molecule has 26 heavy (non-hydrogen) atoms. The van der Waals surface area contributed by atoms with Crippen LogP contribution in [0.4, 0.5) is 5.82 Å². The summed E-state index contributed by atoms with van der Waals surface area (Å²) in [6, 6.07) is 14.4. The van der Waals surface area contributed by atoms with E-state index in [4.69, 9.17) is 9.47 Å². The van der Waals surface area contributed by atoms with Crippen LogP contribution in [-0.2, 0) is 17.9 Å². The second-order valence-electron chi connectivity index (χ2n) is 6.53. The minimum atomic E-state index is 0.115. The van der Waals surface area contributed by atoms with E-state index in [1.54, 1.807) is 7.11 Å². The van der Waals surface area contributed by atoms with Gasteiger partial charge in [-0.25, -0.2) is 9.97 Å². The maximum absolute atomic E-state index is 6.04. The first-order chi connectivity index (χ1) is 12.6. The third-order valence-corrected chi connectivity index (χ3v) is 3.98. The van der Waals surface area contributed by atoms with E-state index in [0.717, 1.165) is 22.8 Å². The number of nitrogens with one attached hydrogen (secondary N) is 1. The zero-order chi connectivity index (χ0) is 18.5. The topological polar surface area (TPSA) is 56.3 Å². The number of anilines is 1. The average Bonchev–Trinajstić information content (AvgIpc) is 2.60. The summed E-state index contributed by atoms with van der Waals surface area (Å²) >= 11 is 0. The van der Waals surface area contributed by atoms with Gasteiger partial charge in [0.2, 0.25) is 0 Å². The van der Waals surface area contributed by atoms with Crippen LogP contribution in [0, 0.1) is 6.92 Å². The van der Waals surface area contributed by atoms with Crippen molar-refractivity contribution in [2.75, 3.05) is 12.4 Å². The molecule has 3 aromatic rings. The van der Waals surface area contributed by atoms with Gasteiger partial charge in [0.05, 0.1) is 6.10 Å². The van der Waals surface area contributed by atoms with Crippen LogP contribution in [0.3, 0.4) is 0 Å². The number of ether oxygens (including phenoxy) is 2. The Labute approximate surface area is 154 Å². The molecule has 1 heterocycles. The molecule has 0 saturated carbocycles. The maximum atomic E-state index is 6.04. The third kappa shape index (κ3) is 4.29. The molecule has 1 aromatic heterocycles. The molecule has 0 radical (unpaired) electrons. The molecule has 0 unspecified atom stereocenters. The van der Waals surface area contributed by atoms with E-state index >= 15 is 0 Å². The predicted molar refractivity (Wildman–Crippen MR) is 105 cm³/mol. The highest BCUT2D eigenvalue weighted by Gasteiger charge is 2.11. The number of aryl methyl sites for hydroxylation is 1. The van der Waals surface area contributed by atoms with Gasteiger partial charge in [0.15, 0.2) is 5.82 Å². The number of nitrogens with zero attached hydrogens (tertiary/aromatic N) is 2. The van der Waals surface area contributed by atoms with Gasteiger partial charge in [-0.15, -0.1) is 0 Å². The molecular formula is C21H25N3O2. The number of rotatable bonds is 7. The highest BCUT2D eigenvalue weighted by Crippen LogP contribution is 2.29. The number of methoxy groups -OCH3 is 1. The summed E-state index contributed by atoms with van der Waals surface area (Å²) in [5, 5.41) is 5.80. The lowest BCUT2D eigenvalue weighted by atomic mass is 10.0. The molecule has 0 amide bonds. The summed E-state index contributed by atoms with van der Waals surface area (Å²) in [5.74, 6) is 2.36. The highest BCUT2D eigenvalue weighted by atomic mass is 16.5. The summed E-state index contributed by atoms with van der Waals surface area (Å²) in [4.78, 5) is 8.91. The van der Waals surface area contributed by atoms with Crippen molar-refractivity contribution in [1.82, 2.24) is 9.97 Å². The number of fused-ring (bicyclic) bond motifs is 1. The van der Waals surface area contributed by atoms with E-state index in [1.807, 2.05) is 39.0 Å². The van der Waals surface area contributed by atoms with Gasteiger partial charge < -0.3 is 14.8 Å². The first kappa shape index (κ1) is 18.1. The molecular weight excluding hydrogens is 326 g/mol. The number of hydrogen-bond donors (Lipinski definition) is 1. The highest BCUT2D eigenvalue weighted by molar-refractivity contribution is 5.88. The Hall–Kier alpha value is -2.66. The second kappa shape index (κ2) is 8.15.